The van der Waals surface area contributed by atoms with Crippen LogP contribution in [0.5, 0.6) is 5.75 Å². The SMILES string of the molecule is C=CCN1CCN(C(=O)c2ccc(COc3ccc4c(c3)C(c3cccc(F)c3)N(C(=O)CC)CC4)o2)CC1. The number of hydrogen-bond acceptors (Lipinski definition) is 5. The van der Waals surface area contributed by atoms with E-state index in [1.165, 1.54) is 12.1 Å². The van der Waals surface area contributed by atoms with Crippen LogP contribution in [0.1, 0.15) is 52.4 Å². The van der Waals surface area contributed by atoms with Gasteiger partial charge in [-0.1, -0.05) is 31.2 Å². The molecule has 1 unspecified atom stereocenters. The topological polar surface area (TPSA) is 66.2 Å². The Hall–Kier alpha value is -3.91. The Morgan fingerprint density at radius 2 is 1.90 bits per heavy atom. The molecule has 1 aromatic heterocycles. The summed E-state index contributed by atoms with van der Waals surface area (Å²) in [4.78, 5) is 31.6. The van der Waals surface area contributed by atoms with E-state index < -0.39 is 0 Å². The summed E-state index contributed by atoms with van der Waals surface area (Å²) in [6, 6.07) is 15.3. The van der Waals surface area contributed by atoms with Crippen molar-refractivity contribution in [1.29, 1.82) is 0 Å². The summed E-state index contributed by atoms with van der Waals surface area (Å²) in [6.45, 7) is 10.1. The maximum Gasteiger partial charge on any atom is 0.289 e. The van der Waals surface area contributed by atoms with E-state index in [0.717, 1.165) is 42.7 Å². The fraction of sp³-hybridized carbons (Fsp3) is 0.355. The zero-order valence-electron chi connectivity index (χ0n) is 22.3. The lowest BCUT2D eigenvalue weighted by molar-refractivity contribution is -0.132. The maximum absolute atomic E-state index is 14.2. The van der Waals surface area contributed by atoms with Crippen molar-refractivity contribution in [2.45, 2.75) is 32.4 Å². The monoisotopic (exact) mass is 531 g/mol. The molecule has 2 aromatic carbocycles. The minimum atomic E-state index is -0.389. The fourth-order valence-corrected chi connectivity index (χ4v) is 5.39. The highest BCUT2D eigenvalue weighted by Crippen LogP contribution is 2.38. The number of benzene rings is 2. The molecule has 2 amide bonds. The highest BCUT2D eigenvalue weighted by atomic mass is 19.1. The third-order valence-electron chi connectivity index (χ3n) is 7.43. The molecule has 0 aliphatic carbocycles. The number of halogens is 1. The highest BCUT2D eigenvalue weighted by Gasteiger charge is 2.32. The van der Waals surface area contributed by atoms with Crippen LogP contribution in [0.4, 0.5) is 4.39 Å². The molecule has 0 N–H and O–H groups in total. The second-order valence-electron chi connectivity index (χ2n) is 9.94. The van der Waals surface area contributed by atoms with Crippen LogP contribution in [0.15, 0.2) is 71.7 Å². The summed E-state index contributed by atoms with van der Waals surface area (Å²) in [5.41, 5.74) is 2.77. The van der Waals surface area contributed by atoms with E-state index in [4.69, 9.17) is 9.15 Å². The Morgan fingerprint density at radius 3 is 2.64 bits per heavy atom. The number of carbonyl (C=O) groups is 2. The van der Waals surface area contributed by atoms with Crippen molar-refractivity contribution in [3.63, 3.8) is 0 Å². The van der Waals surface area contributed by atoms with Gasteiger partial charge in [0.2, 0.25) is 5.91 Å². The number of fused-ring (bicyclic) bond motifs is 1. The van der Waals surface area contributed by atoms with Crippen molar-refractivity contribution < 1.29 is 23.1 Å². The Balaban J connectivity index is 1.29. The summed E-state index contributed by atoms with van der Waals surface area (Å²) in [7, 11) is 0. The molecule has 3 heterocycles. The van der Waals surface area contributed by atoms with Crippen LogP contribution in [0, 0.1) is 5.82 Å². The molecule has 0 radical (unpaired) electrons. The van der Waals surface area contributed by atoms with Crippen LogP contribution in [-0.2, 0) is 17.8 Å². The van der Waals surface area contributed by atoms with Gasteiger partial charge in [0.1, 0.15) is 23.9 Å². The number of ether oxygens (including phenoxy) is 1. The van der Waals surface area contributed by atoms with Gasteiger partial charge in [-0.05, 0) is 59.5 Å². The van der Waals surface area contributed by atoms with Crippen LogP contribution in [-0.4, -0.2) is 65.8 Å². The molecule has 8 heteroatoms. The van der Waals surface area contributed by atoms with Gasteiger partial charge in [-0.25, -0.2) is 4.39 Å². The molecule has 0 saturated carbocycles. The zero-order valence-corrected chi connectivity index (χ0v) is 22.3. The Bertz CT molecular complexity index is 1350. The van der Waals surface area contributed by atoms with Crippen molar-refractivity contribution in [1.82, 2.24) is 14.7 Å². The van der Waals surface area contributed by atoms with Crippen molar-refractivity contribution >= 4 is 11.8 Å². The maximum atomic E-state index is 14.2. The molecule has 204 valence electrons. The van der Waals surface area contributed by atoms with E-state index in [0.29, 0.717) is 43.3 Å². The van der Waals surface area contributed by atoms with Crippen LogP contribution in [0.2, 0.25) is 0 Å². The van der Waals surface area contributed by atoms with Gasteiger partial charge in [0.15, 0.2) is 5.76 Å². The minimum Gasteiger partial charge on any atom is -0.486 e. The normalized spacial score (nSPS) is 17.5. The standard InChI is InChI=1S/C31H34FN3O4/c1-3-13-33-15-17-34(18-16-33)31(37)28-11-10-26(39-28)21-38-25-9-8-22-12-14-35(29(36)4-2)30(27(22)20-25)23-6-5-7-24(32)19-23/h3,5-11,19-20,30H,1,4,12-18,21H2,2H3. The first-order valence-electron chi connectivity index (χ1n) is 13.5. The van der Waals surface area contributed by atoms with Gasteiger partial charge in [0, 0.05) is 45.7 Å². The average molecular weight is 532 g/mol. The molecule has 1 atom stereocenters. The van der Waals surface area contributed by atoms with E-state index in [1.807, 2.05) is 47.1 Å². The summed E-state index contributed by atoms with van der Waals surface area (Å²) in [5, 5.41) is 0. The first-order chi connectivity index (χ1) is 19.0. The predicted molar refractivity (Wildman–Crippen MR) is 146 cm³/mol. The third kappa shape index (κ3) is 5.91. The second kappa shape index (κ2) is 11.9. The van der Waals surface area contributed by atoms with Gasteiger partial charge in [-0.2, -0.15) is 0 Å². The number of carbonyl (C=O) groups excluding carboxylic acids is 2. The Labute approximate surface area is 228 Å². The van der Waals surface area contributed by atoms with Crippen LogP contribution in [0.3, 0.4) is 0 Å². The van der Waals surface area contributed by atoms with E-state index in [-0.39, 0.29) is 30.3 Å². The number of hydrogen-bond donors (Lipinski definition) is 0. The molecule has 39 heavy (non-hydrogen) atoms. The van der Waals surface area contributed by atoms with E-state index in [1.54, 1.807) is 18.2 Å². The van der Waals surface area contributed by atoms with Crippen molar-refractivity contribution in [2.24, 2.45) is 0 Å². The largest absolute Gasteiger partial charge is 0.486 e. The second-order valence-corrected chi connectivity index (χ2v) is 9.94. The molecule has 0 spiro atoms. The van der Waals surface area contributed by atoms with E-state index >= 15 is 0 Å². The fourth-order valence-electron chi connectivity index (χ4n) is 5.39. The van der Waals surface area contributed by atoms with Crippen molar-refractivity contribution in [3.05, 3.63) is 101 Å². The molecule has 0 bridgehead atoms. The summed E-state index contributed by atoms with van der Waals surface area (Å²) in [6.07, 6.45) is 2.97. The third-order valence-corrected chi connectivity index (χ3v) is 7.43. The minimum absolute atomic E-state index is 0.0242. The first kappa shape index (κ1) is 26.7. The van der Waals surface area contributed by atoms with Gasteiger partial charge in [-0.15, -0.1) is 6.58 Å². The van der Waals surface area contributed by atoms with Crippen molar-refractivity contribution in [2.75, 3.05) is 39.3 Å². The molecule has 1 saturated heterocycles. The molecule has 1 fully saturated rings. The molecular weight excluding hydrogens is 497 g/mol. The first-order valence-corrected chi connectivity index (χ1v) is 13.5. The lowest BCUT2D eigenvalue weighted by atomic mass is 9.87. The van der Waals surface area contributed by atoms with E-state index in [9.17, 15) is 14.0 Å². The lowest BCUT2D eigenvalue weighted by Gasteiger charge is -2.38. The quantitative estimate of drug-likeness (QED) is 0.390. The van der Waals surface area contributed by atoms with E-state index in [2.05, 4.69) is 11.5 Å². The zero-order chi connectivity index (χ0) is 27.4. The van der Waals surface area contributed by atoms with Crippen LogP contribution < -0.4 is 4.74 Å². The smallest absolute Gasteiger partial charge is 0.289 e. The number of rotatable bonds is 8. The summed E-state index contributed by atoms with van der Waals surface area (Å²) >= 11 is 0. The lowest BCUT2D eigenvalue weighted by Crippen LogP contribution is -2.48. The van der Waals surface area contributed by atoms with Gasteiger partial charge in [0.05, 0.1) is 6.04 Å². The molecule has 2 aliphatic rings. The Kier molecular flexibility index (Phi) is 8.12. The molecular formula is C31H34FN3O4. The van der Waals surface area contributed by atoms with Crippen LogP contribution >= 0.6 is 0 Å². The van der Waals surface area contributed by atoms with Gasteiger partial charge >= 0.3 is 0 Å². The van der Waals surface area contributed by atoms with Crippen molar-refractivity contribution in [3.8, 4) is 5.75 Å². The van der Waals surface area contributed by atoms with Gasteiger partial charge in [0.25, 0.3) is 5.91 Å². The Morgan fingerprint density at radius 1 is 1.08 bits per heavy atom. The number of piperazine rings is 1. The highest BCUT2D eigenvalue weighted by molar-refractivity contribution is 5.91. The number of furan rings is 1. The van der Waals surface area contributed by atoms with Gasteiger partial charge < -0.3 is 19.0 Å². The molecule has 2 aliphatic heterocycles. The number of nitrogens with zero attached hydrogens (tertiary/aromatic N) is 3. The molecule has 5 rings (SSSR count). The van der Waals surface area contributed by atoms with Crippen LogP contribution in [0.25, 0.3) is 0 Å². The predicted octanol–water partition coefficient (Wildman–Crippen LogP) is 4.83. The van der Waals surface area contributed by atoms with Gasteiger partial charge in [-0.3, -0.25) is 14.5 Å². The summed E-state index contributed by atoms with van der Waals surface area (Å²) in [5.74, 6) is 1.03. The summed E-state index contributed by atoms with van der Waals surface area (Å²) < 4.78 is 26.0. The number of amides is 2. The molecule has 3 aromatic rings. The average Bonchev–Trinajstić information content (AvgIpc) is 3.44. The molecule has 7 nitrogen and oxygen atoms in total.